The van der Waals surface area contributed by atoms with E-state index in [2.05, 4.69) is 19.9 Å². The molecule has 0 radical (unpaired) electrons. The topological polar surface area (TPSA) is 88.1 Å². The average molecular weight is 200 g/mol. The van der Waals surface area contributed by atoms with Gasteiger partial charge in [0, 0.05) is 29.1 Å². The number of aromatic nitrogens is 3. The average Bonchev–Trinajstić information content (AvgIpc) is 2.58. The molecule has 6 nitrogen and oxygen atoms in total. The molecule has 0 atom stereocenters. The normalized spacial score (nSPS) is 13.5. The van der Waals surface area contributed by atoms with Crippen molar-refractivity contribution in [3.05, 3.63) is 33.6 Å². The number of amides is 1. The molecule has 0 saturated carbocycles. The zero-order chi connectivity index (χ0) is 10.4. The highest BCUT2D eigenvalue weighted by atomic mass is 16.1. The van der Waals surface area contributed by atoms with E-state index in [9.17, 15) is 9.59 Å². The maximum Gasteiger partial charge on any atom is 0.345 e. The van der Waals surface area contributed by atoms with Crippen LogP contribution in [0.4, 0.5) is 0 Å². The van der Waals surface area contributed by atoms with Crippen molar-refractivity contribution in [2.24, 2.45) is 4.99 Å². The number of pyridine rings is 1. The molecular weight excluding hydrogens is 196 g/mol. The summed E-state index contributed by atoms with van der Waals surface area (Å²) in [7, 11) is 0. The summed E-state index contributed by atoms with van der Waals surface area (Å²) in [4.78, 5) is 35.9. The van der Waals surface area contributed by atoms with Gasteiger partial charge in [-0.05, 0) is 0 Å². The highest BCUT2D eigenvalue weighted by Crippen LogP contribution is 1.99. The second-order valence-corrected chi connectivity index (χ2v) is 3.11. The standard InChI is InChI=1S/C9H4N4O2/c14-6-1-5-7-4(2-10-8(5)12-6)3-11-9(15)13-7/h1-3H,(H,11,13,15). The highest BCUT2D eigenvalue weighted by Gasteiger charge is 2.08. The van der Waals surface area contributed by atoms with Crippen LogP contribution in [-0.2, 0) is 4.79 Å². The molecule has 0 spiro atoms. The fraction of sp³-hybridized carbons (Fsp3) is 0. The van der Waals surface area contributed by atoms with Gasteiger partial charge in [-0.1, -0.05) is 0 Å². The van der Waals surface area contributed by atoms with Crippen LogP contribution in [-0.4, -0.2) is 20.9 Å². The zero-order valence-corrected chi connectivity index (χ0v) is 7.39. The van der Waals surface area contributed by atoms with Gasteiger partial charge in [0.2, 0.25) is 0 Å². The van der Waals surface area contributed by atoms with Gasteiger partial charge in [0.15, 0.2) is 5.49 Å². The largest absolute Gasteiger partial charge is 0.345 e. The second kappa shape index (κ2) is 2.57. The summed E-state index contributed by atoms with van der Waals surface area (Å²) >= 11 is 0. The first kappa shape index (κ1) is 7.98. The predicted molar refractivity (Wildman–Crippen MR) is 50.4 cm³/mol. The third-order valence-electron chi connectivity index (χ3n) is 2.16. The van der Waals surface area contributed by atoms with E-state index in [1.807, 2.05) is 0 Å². The number of fused-ring (bicyclic) bond motifs is 3. The number of carbonyl (C=O) groups is 1. The van der Waals surface area contributed by atoms with Gasteiger partial charge in [-0.2, -0.15) is 4.99 Å². The predicted octanol–water partition coefficient (Wildman–Crippen LogP) is -1.74. The van der Waals surface area contributed by atoms with Crippen LogP contribution < -0.4 is 16.4 Å². The van der Waals surface area contributed by atoms with Gasteiger partial charge in [0.05, 0.1) is 5.52 Å². The lowest BCUT2D eigenvalue weighted by Gasteiger charge is -1.93. The summed E-state index contributed by atoms with van der Waals surface area (Å²) in [6.07, 6.45) is 4.28. The van der Waals surface area contributed by atoms with E-state index in [1.165, 1.54) is 18.5 Å². The summed E-state index contributed by atoms with van der Waals surface area (Å²) in [6.45, 7) is 0. The SMILES string of the molecule is O=C1C=c2c(ncc3cnc(=O)[nH]c23)=N1. The van der Waals surface area contributed by atoms with E-state index in [1.54, 1.807) is 0 Å². The fourth-order valence-electron chi connectivity index (χ4n) is 1.52. The first-order valence-electron chi connectivity index (χ1n) is 4.22. The molecule has 6 heteroatoms. The number of hydrogen-bond acceptors (Lipinski definition) is 4. The van der Waals surface area contributed by atoms with Crippen molar-refractivity contribution in [3.63, 3.8) is 0 Å². The van der Waals surface area contributed by atoms with E-state index in [4.69, 9.17) is 0 Å². The number of carbonyl (C=O) groups excluding carboxylic acids is 1. The van der Waals surface area contributed by atoms with Crippen LogP contribution in [0.5, 0.6) is 0 Å². The number of aromatic amines is 1. The molecular formula is C9H4N4O2. The van der Waals surface area contributed by atoms with E-state index in [0.717, 1.165) is 0 Å². The Balaban J connectivity index is 2.67. The summed E-state index contributed by atoms with van der Waals surface area (Å²) in [5.74, 6) is -0.359. The third-order valence-corrected chi connectivity index (χ3v) is 2.16. The lowest BCUT2D eigenvalue weighted by molar-refractivity contribution is -0.112. The first-order valence-corrected chi connectivity index (χ1v) is 4.22. The Bertz CT molecular complexity index is 760. The Morgan fingerprint density at radius 2 is 1.93 bits per heavy atom. The molecule has 0 aliphatic carbocycles. The maximum absolute atomic E-state index is 11.1. The minimum atomic E-state index is -0.455. The van der Waals surface area contributed by atoms with Gasteiger partial charge in [0.25, 0.3) is 5.91 Å². The minimum Gasteiger partial charge on any atom is -0.305 e. The van der Waals surface area contributed by atoms with E-state index < -0.39 is 5.69 Å². The Labute approximate surface area is 82.0 Å². The summed E-state index contributed by atoms with van der Waals surface area (Å²) < 4.78 is 0. The van der Waals surface area contributed by atoms with Crippen LogP contribution in [0.2, 0.25) is 0 Å². The minimum absolute atomic E-state index is 0.342. The molecule has 1 N–H and O–H groups in total. The van der Waals surface area contributed by atoms with Gasteiger partial charge in [0.1, 0.15) is 0 Å². The number of rotatable bonds is 0. The maximum atomic E-state index is 11.1. The van der Waals surface area contributed by atoms with Crippen molar-refractivity contribution in [2.75, 3.05) is 0 Å². The number of nitrogens with zero attached hydrogens (tertiary/aromatic N) is 3. The number of H-pyrrole nitrogens is 1. The zero-order valence-electron chi connectivity index (χ0n) is 7.39. The van der Waals surface area contributed by atoms with Crippen LogP contribution in [0.25, 0.3) is 17.0 Å². The molecule has 1 aliphatic rings. The molecule has 3 rings (SSSR count). The number of nitrogens with one attached hydrogen (secondary N) is 1. The summed E-state index contributed by atoms with van der Waals surface area (Å²) in [6, 6.07) is 0. The molecule has 1 aliphatic heterocycles. The van der Waals surface area contributed by atoms with Crippen molar-refractivity contribution >= 4 is 22.9 Å². The highest BCUT2D eigenvalue weighted by molar-refractivity contribution is 6.07. The fourth-order valence-corrected chi connectivity index (χ4v) is 1.52. The molecule has 0 unspecified atom stereocenters. The van der Waals surface area contributed by atoms with E-state index in [0.29, 0.717) is 21.6 Å². The van der Waals surface area contributed by atoms with Crippen LogP contribution in [0.15, 0.2) is 22.2 Å². The van der Waals surface area contributed by atoms with Crippen LogP contribution in [0.3, 0.4) is 0 Å². The Morgan fingerprint density at radius 3 is 2.80 bits per heavy atom. The molecule has 72 valence electrons. The van der Waals surface area contributed by atoms with E-state index in [-0.39, 0.29) is 5.91 Å². The molecule has 0 aromatic carbocycles. The van der Waals surface area contributed by atoms with Crippen LogP contribution in [0.1, 0.15) is 0 Å². The van der Waals surface area contributed by atoms with Crippen molar-refractivity contribution in [1.82, 2.24) is 15.0 Å². The van der Waals surface area contributed by atoms with E-state index >= 15 is 0 Å². The molecule has 2 aromatic rings. The van der Waals surface area contributed by atoms with Crippen molar-refractivity contribution in [3.8, 4) is 0 Å². The summed E-state index contributed by atoms with van der Waals surface area (Å²) in [5, 5.41) is 1.23. The van der Waals surface area contributed by atoms with Crippen molar-refractivity contribution < 1.29 is 4.79 Å². The summed E-state index contributed by atoms with van der Waals surface area (Å²) in [5.41, 5.74) is 0.438. The smallest absolute Gasteiger partial charge is 0.305 e. The van der Waals surface area contributed by atoms with Gasteiger partial charge >= 0.3 is 5.69 Å². The molecule has 0 saturated heterocycles. The van der Waals surface area contributed by atoms with Gasteiger partial charge in [-0.15, -0.1) is 0 Å². The van der Waals surface area contributed by atoms with Crippen molar-refractivity contribution in [1.29, 1.82) is 0 Å². The Hall–Kier alpha value is -2.37. The molecule has 0 bridgehead atoms. The first-order chi connectivity index (χ1) is 7.24. The lowest BCUT2D eigenvalue weighted by atomic mass is 10.2. The lowest BCUT2D eigenvalue weighted by Crippen LogP contribution is -2.28. The monoisotopic (exact) mass is 200 g/mol. The van der Waals surface area contributed by atoms with Crippen LogP contribution >= 0.6 is 0 Å². The molecule has 1 amide bonds. The Morgan fingerprint density at radius 1 is 1.13 bits per heavy atom. The van der Waals surface area contributed by atoms with Crippen LogP contribution in [0, 0.1) is 0 Å². The second-order valence-electron chi connectivity index (χ2n) is 3.11. The Kier molecular flexibility index (Phi) is 1.37. The molecule has 3 heterocycles. The van der Waals surface area contributed by atoms with Gasteiger partial charge in [-0.25, -0.2) is 14.8 Å². The van der Waals surface area contributed by atoms with Crippen molar-refractivity contribution in [2.45, 2.75) is 0 Å². The molecule has 15 heavy (non-hydrogen) atoms. The van der Waals surface area contributed by atoms with Gasteiger partial charge in [-0.3, -0.25) is 4.79 Å². The number of hydrogen-bond donors (Lipinski definition) is 1. The third kappa shape index (κ3) is 1.08. The van der Waals surface area contributed by atoms with Gasteiger partial charge < -0.3 is 4.98 Å². The quantitative estimate of drug-likeness (QED) is 0.546. The molecule has 0 fully saturated rings. The molecule has 2 aromatic heterocycles.